The summed E-state index contributed by atoms with van der Waals surface area (Å²) in [5, 5.41) is 6.46. The average molecular weight is 273 g/mol. The second-order valence-electron chi connectivity index (χ2n) is 4.81. The summed E-state index contributed by atoms with van der Waals surface area (Å²) in [6.45, 7) is 0. The molecule has 1 aromatic carbocycles. The summed E-state index contributed by atoms with van der Waals surface area (Å²) < 4.78 is 10.1. The third-order valence-electron chi connectivity index (χ3n) is 3.15. The van der Waals surface area contributed by atoms with Gasteiger partial charge in [0.2, 0.25) is 5.91 Å². The van der Waals surface area contributed by atoms with Gasteiger partial charge in [-0.1, -0.05) is 17.3 Å². The van der Waals surface area contributed by atoms with Gasteiger partial charge in [-0.15, -0.1) is 0 Å². The Labute approximate surface area is 116 Å². The minimum absolute atomic E-state index is 0.172. The van der Waals surface area contributed by atoms with E-state index in [0.717, 1.165) is 24.2 Å². The Kier molecular flexibility index (Phi) is 3.37. The predicted molar refractivity (Wildman–Crippen MR) is 71.6 cm³/mol. The molecular formula is C14H15N3O3. The van der Waals surface area contributed by atoms with Crippen LogP contribution in [0.5, 0.6) is 5.75 Å². The number of nitrogens with one attached hydrogen (secondary N) is 1. The molecule has 0 radical (unpaired) electrons. The van der Waals surface area contributed by atoms with Gasteiger partial charge >= 0.3 is 6.01 Å². The molecule has 0 saturated heterocycles. The molecule has 1 amide bonds. The van der Waals surface area contributed by atoms with Crippen LogP contribution in [0.2, 0.25) is 0 Å². The largest absolute Gasteiger partial charge is 0.497 e. The third kappa shape index (κ3) is 2.96. The number of nitrogens with zero attached hydrogens (tertiary/aromatic N) is 2. The molecule has 0 aliphatic heterocycles. The molecule has 1 N–H and O–H groups in total. The molecule has 0 spiro atoms. The molecule has 104 valence electrons. The van der Waals surface area contributed by atoms with Gasteiger partial charge in [0.25, 0.3) is 0 Å². The number of benzene rings is 1. The SMILES string of the molecule is COc1ccc(CC(=O)Nc2nc(C3CC3)no2)cc1. The lowest BCUT2D eigenvalue weighted by molar-refractivity contribution is -0.115. The smallest absolute Gasteiger partial charge is 0.328 e. The molecule has 2 aromatic rings. The van der Waals surface area contributed by atoms with Crippen LogP contribution >= 0.6 is 0 Å². The van der Waals surface area contributed by atoms with E-state index in [0.29, 0.717) is 11.7 Å². The van der Waals surface area contributed by atoms with Crippen molar-refractivity contribution in [2.75, 3.05) is 12.4 Å². The molecule has 0 bridgehead atoms. The van der Waals surface area contributed by atoms with Gasteiger partial charge in [-0.05, 0) is 30.5 Å². The second-order valence-corrected chi connectivity index (χ2v) is 4.81. The fourth-order valence-corrected chi connectivity index (χ4v) is 1.89. The molecule has 20 heavy (non-hydrogen) atoms. The number of amides is 1. The number of carbonyl (C=O) groups is 1. The van der Waals surface area contributed by atoms with E-state index in [1.54, 1.807) is 7.11 Å². The van der Waals surface area contributed by atoms with Gasteiger partial charge in [0.15, 0.2) is 5.82 Å². The average Bonchev–Trinajstić information content (AvgIpc) is 3.20. The first-order valence-corrected chi connectivity index (χ1v) is 6.51. The van der Waals surface area contributed by atoms with E-state index < -0.39 is 0 Å². The summed E-state index contributed by atoms with van der Waals surface area (Å²) in [6.07, 6.45) is 2.45. The van der Waals surface area contributed by atoms with E-state index in [-0.39, 0.29) is 18.3 Å². The zero-order valence-electron chi connectivity index (χ0n) is 11.1. The summed E-state index contributed by atoms with van der Waals surface area (Å²) in [7, 11) is 1.61. The molecule has 0 atom stereocenters. The van der Waals surface area contributed by atoms with Crippen LogP contribution in [-0.2, 0) is 11.2 Å². The van der Waals surface area contributed by atoms with Gasteiger partial charge in [0, 0.05) is 5.92 Å². The monoisotopic (exact) mass is 273 g/mol. The molecule has 1 fully saturated rings. The van der Waals surface area contributed by atoms with Crippen molar-refractivity contribution in [2.24, 2.45) is 0 Å². The quantitative estimate of drug-likeness (QED) is 0.903. The van der Waals surface area contributed by atoms with Crippen molar-refractivity contribution < 1.29 is 14.1 Å². The van der Waals surface area contributed by atoms with Crippen LogP contribution in [0, 0.1) is 0 Å². The van der Waals surface area contributed by atoms with Crippen LogP contribution in [-0.4, -0.2) is 23.2 Å². The first kappa shape index (κ1) is 12.7. The van der Waals surface area contributed by atoms with Gasteiger partial charge in [-0.3, -0.25) is 10.1 Å². The van der Waals surface area contributed by atoms with Crippen molar-refractivity contribution in [2.45, 2.75) is 25.2 Å². The third-order valence-corrected chi connectivity index (χ3v) is 3.15. The molecular weight excluding hydrogens is 258 g/mol. The maximum atomic E-state index is 11.9. The molecule has 3 rings (SSSR count). The zero-order chi connectivity index (χ0) is 13.9. The molecule has 1 heterocycles. The summed E-state index contributed by atoms with van der Waals surface area (Å²) in [5.41, 5.74) is 0.894. The minimum atomic E-state index is -0.179. The zero-order valence-corrected chi connectivity index (χ0v) is 11.1. The summed E-state index contributed by atoms with van der Waals surface area (Å²) in [4.78, 5) is 16.0. The van der Waals surface area contributed by atoms with Crippen molar-refractivity contribution in [3.63, 3.8) is 0 Å². The fraction of sp³-hybridized carbons (Fsp3) is 0.357. The van der Waals surface area contributed by atoms with E-state index in [1.165, 1.54) is 0 Å². The molecule has 6 nitrogen and oxygen atoms in total. The van der Waals surface area contributed by atoms with Crippen LogP contribution in [0.15, 0.2) is 28.8 Å². The maximum Gasteiger partial charge on any atom is 0.328 e. The number of anilines is 1. The number of carbonyl (C=O) groups excluding carboxylic acids is 1. The first-order valence-electron chi connectivity index (χ1n) is 6.51. The highest BCUT2D eigenvalue weighted by Crippen LogP contribution is 2.38. The van der Waals surface area contributed by atoms with Crippen molar-refractivity contribution >= 4 is 11.9 Å². The van der Waals surface area contributed by atoms with Gasteiger partial charge in [-0.25, -0.2) is 0 Å². The van der Waals surface area contributed by atoms with Crippen molar-refractivity contribution in [1.82, 2.24) is 10.1 Å². The normalized spacial score (nSPS) is 14.1. The molecule has 1 aliphatic carbocycles. The number of rotatable bonds is 5. The summed E-state index contributed by atoms with van der Waals surface area (Å²) >= 11 is 0. The van der Waals surface area contributed by atoms with Gasteiger partial charge < -0.3 is 9.26 Å². The topological polar surface area (TPSA) is 77.2 Å². The van der Waals surface area contributed by atoms with Gasteiger partial charge in [0.05, 0.1) is 13.5 Å². The van der Waals surface area contributed by atoms with E-state index in [2.05, 4.69) is 15.5 Å². The number of hydrogen-bond donors (Lipinski definition) is 1. The Morgan fingerprint density at radius 1 is 1.40 bits per heavy atom. The lowest BCUT2D eigenvalue weighted by Gasteiger charge is -2.02. The number of hydrogen-bond acceptors (Lipinski definition) is 5. The Morgan fingerprint density at radius 3 is 2.80 bits per heavy atom. The standard InChI is InChI=1S/C14H15N3O3/c1-19-11-6-2-9(3-7-11)8-12(18)15-14-16-13(17-20-14)10-4-5-10/h2-3,6-7,10H,4-5,8H2,1H3,(H,15,16,17,18). The highest BCUT2D eigenvalue weighted by molar-refractivity contribution is 5.90. The van der Waals surface area contributed by atoms with Crippen LogP contribution in [0.1, 0.15) is 30.1 Å². The van der Waals surface area contributed by atoms with Crippen LogP contribution in [0.3, 0.4) is 0 Å². The first-order chi connectivity index (χ1) is 9.74. The lowest BCUT2D eigenvalue weighted by Crippen LogP contribution is -2.14. The van der Waals surface area contributed by atoms with E-state index >= 15 is 0 Å². The van der Waals surface area contributed by atoms with Crippen molar-refractivity contribution in [3.8, 4) is 5.75 Å². The van der Waals surface area contributed by atoms with E-state index in [1.807, 2.05) is 24.3 Å². The molecule has 0 unspecified atom stereocenters. The predicted octanol–water partition coefficient (Wildman–Crippen LogP) is 2.14. The summed E-state index contributed by atoms with van der Waals surface area (Å²) in [5.74, 6) is 1.68. The molecule has 1 saturated carbocycles. The number of aromatic nitrogens is 2. The van der Waals surface area contributed by atoms with Gasteiger partial charge in [-0.2, -0.15) is 4.98 Å². The Hall–Kier alpha value is -2.37. The van der Waals surface area contributed by atoms with Gasteiger partial charge in [0.1, 0.15) is 5.75 Å². The minimum Gasteiger partial charge on any atom is -0.497 e. The van der Waals surface area contributed by atoms with Crippen LogP contribution in [0.4, 0.5) is 6.01 Å². The maximum absolute atomic E-state index is 11.9. The van der Waals surface area contributed by atoms with E-state index in [4.69, 9.17) is 9.26 Å². The number of ether oxygens (including phenoxy) is 1. The second kappa shape index (κ2) is 5.32. The van der Waals surface area contributed by atoms with Crippen LogP contribution < -0.4 is 10.1 Å². The molecule has 6 heteroatoms. The number of methoxy groups -OCH3 is 1. The molecule has 1 aliphatic rings. The Balaban J connectivity index is 1.57. The van der Waals surface area contributed by atoms with Crippen molar-refractivity contribution in [3.05, 3.63) is 35.7 Å². The Bertz CT molecular complexity index is 602. The lowest BCUT2D eigenvalue weighted by atomic mass is 10.1. The van der Waals surface area contributed by atoms with E-state index in [9.17, 15) is 4.79 Å². The molecule has 1 aromatic heterocycles. The van der Waals surface area contributed by atoms with Crippen molar-refractivity contribution in [1.29, 1.82) is 0 Å². The van der Waals surface area contributed by atoms with Crippen LogP contribution in [0.25, 0.3) is 0 Å². The highest BCUT2D eigenvalue weighted by Gasteiger charge is 2.29. The highest BCUT2D eigenvalue weighted by atomic mass is 16.5. The summed E-state index contributed by atoms with van der Waals surface area (Å²) in [6, 6.07) is 7.51. The Morgan fingerprint density at radius 2 is 2.15 bits per heavy atom. The fourth-order valence-electron chi connectivity index (χ4n) is 1.89.